The van der Waals surface area contributed by atoms with Gasteiger partial charge in [-0.1, -0.05) is 13.3 Å². The second kappa shape index (κ2) is 6.09. The average molecular weight is 244 g/mol. The Morgan fingerprint density at radius 3 is 2.69 bits per heavy atom. The van der Waals surface area contributed by atoms with Crippen LogP contribution in [0.5, 0.6) is 0 Å². The molecule has 1 aromatic rings. The lowest BCUT2D eigenvalue weighted by atomic mass is 10.1. The zero-order valence-electron chi connectivity index (χ0n) is 10.1. The van der Waals surface area contributed by atoms with E-state index in [0.717, 1.165) is 24.1 Å². The maximum absolute atomic E-state index is 13.1. The van der Waals surface area contributed by atoms with Gasteiger partial charge in [0, 0.05) is 24.7 Å². The lowest BCUT2D eigenvalue weighted by molar-refractivity contribution is 0.609. The molecule has 0 radical (unpaired) electrons. The summed E-state index contributed by atoms with van der Waals surface area (Å²) in [5.74, 6) is 0.118. The first-order valence-corrected chi connectivity index (χ1v) is 6.20. The number of benzene rings is 1. The number of halogens is 2. The van der Waals surface area contributed by atoms with Gasteiger partial charge in [-0.2, -0.15) is 0 Å². The maximum atomic E-state index is 13.1. The lowest BCUT2D eigenvalue weighted by Crippen LogP contribution is -2.29. The van der Waals surface area contributed by atoms with Crippen molar-refractivity contribution in [3.63, 3.8) is 0 Å². The average Bonchev–Trinajstić information content (AvgIpc) is 2.28. The number of rotatable bonds is 5. The fraction of sp³-hybridized carbons (Fsp3) is 0.538. The highest BCUT2D eigenvalue weighted by Gasteiger charge is 2.13. The van der Waals surface area contributed by atoms with Gasteiger partial charge in [-0.15, -0.1) is 11.6 Å². The Morgan fingerprint density at radius 1 is 1.44 bits per heavy atom. The largest absolute Gasteiger partial charge is 0.372 e. The molecule has 0 aliphatic rings. The predicted octanol–water partition coefficient (Wildman–Crippen LogP) is 4.19. The summed E-state index contributed by atoms with van der Waals surface area (Å²) in [4.78, 5) is 2.17. The van der Waals surface area contributed by atoms with Gasteiger partial charge in [0.2, 0.25) is 0 Å². The van der Waals surface area contributed by atoms with E-state index >= 15 is 0 Å². The van der Waals surface area contributed by atoms with E-state index < -0.39 is 0 Å². The summed E-state index contributed by atoms with van der Waals surface area (Å²) < 4.78 is 13.1. The molecule has 1 unspecified atom stereocenters. The van der Waals surface area contributed by atoms with Crippen molar-refractivity contribution in [2.45, 2.75) is 38.6 Å². The van der Waals surface area contributed by atoms with Crippen molar-refractivity contribution in [1.29, 1.82) is 0 Å². The molecular weight excluding hydrogens is 225 g/mol. The zero-order valence-corrected chi connectivity index (χ0v) is 10.9. The molecule has 0 bridgehead atoms. The van der Waals surface area contributed by atoms with Crippen molar-refractivity contribution in [3.8, 4) is 0 Å². The fourth-order valence-corrected chi connectivity index (χ4v) is 2.07. The number of hydrogen-bond donors (Lipinski definition) is 0. The summed E-state index contributed by atoms with van der Waals surface area (Å²) in [5, 5.41) is 0. The van der Waals surface area contributed by atoms with Gasteiger partial charge in [-0.05, 0) is 37.1 Å². The van der Waals surface area contributed by atoms with Crippen LogP contribution in [-0.2, 0) is 5.88 Å². The van der Waals surface area contributed by atoms with Crippen molar-refractivity contribution in [3.05, 3.63) is 29.6 Å². The van der Waals surface area contributed by atoms with Crippen LogP contribution < -0.4 is 4.90 Å². The van der Waals surface area contributed by atoms with E-state index in [4.69, 9.17) is 11.6 Å². The molecule has 16 heavy (non-hydrogen) atoms. The Bertz CT molecular complexity index is 341. The Hall–Kier alpha value is -0.760. The molecular formula is C13H19ClFN. The Morgan fingerprint density at radius 2 is 2.12 bits per heavy atom. The minimum Gasteiger partial charge on any atom is -0.372 e. The molecule has 0 aromatic heterocycles. The van der Waals surface area contributed by atoms with Gasteiger partial charge in [-0.3, -0.25) is 0 Å². The SMILES string of the molecule is CCCC(C)N(C)c1ccc(F)cc1CCl. The van der Waals surface area contributed by atoms with Gasteiger partial charge in [0.05, 0.1) is 0 Å². The second-order valence-electron chi connectivity index (χ2n) is 4.16. The second-order valence-corrected chi connectivity index (χ2v) is 4.42. The monoisotopic (exact) mass is 243 g/mol. The van der Waals surface area contributed by atoms with Gasteiger partial charge in [0.1, 0.15) is 5.82 Å². The van der Waals surface area contributed by atoms with Crippen molar-refractivity contribution < 1.29 is 4.39 Å². The molecule has 1 aromatic carbocycles. The molecule has 0 N–H and O–H groups in total. The minimum atomic E-state index is -0.226. The highest BCUT2D eigenvalue weighted by Crippen LogP contribution is 2.25. The van der Waals surface area contributed by atoms with Gasteiger partial charge < -0.3 is 4.90 Å². The van der Waals surface area contributed by atoms with Crippen LogP contribution in [0.25, 0.3) is 0 Å². The Labute approximate surface area is 102 Å². The molecule has 0 aliphatic heterocycles. The third-order valence-corrected chi connectivity index (χ3v) is 3.22. The van der Waals surface area contributed by atoms with Crippen LogP contribution in [-0.4, -0.2) is 13.1 Å². The molecule has 1 atom stereocenters. The molecule has 3 heteroatoms. The number of hydrogen-bond acceptors (Lipinski definition) is 1. The van der Waals surface area contributed by atoms with E-state index in [1.54, 1.807) is 6.07 Å². The van der Waals surface area contributed by atoms with Crippen LogP contribution in [0.15, 0.2) is 18.2 Å². The molecule has 90 valence electrons. The molecule has 0 fully saturated rings. The van der Waals surface area contributed by atoms with Gasteiger partial charge in [0.25, 0.3) is 0 Å². The summed E-state index contributed by atoms with van der Waals surface area (Å²) in [5.41, 5.74) is 1.88. The van der Waals surface area contributed by atoms with Crippen LogP contribution in [0.1, 0.15) is 32.3 Å². The molecule has 0 amide bonds. The van der Waals surface area contributed by atoms with Crippen molar-refractivity contribution in [2.75, 3.05) is 11.9 Å². The first-order valence-electron chi connectivity index (χ1n) is 5.67. The Balaban J connectivity index is 2.93. The maximum Gasteiger partial charge on any atom is 0.123 e. The normalized spacial score (nSPS) is 12.6. The Kier molecular flexibility index (Phi) is 5.07. The summed E-state index contributed by atoms with van der Waals surface area (Å²) in [6, 6.07) is 5.24. The predicted molar refractivity (Wildman–Crippen MR) is 68.7 cm³/mol. The highest BCUT2D eigenvalue weighted by molar-refractivity contribution is 6.17. The summed E-state index contributed by atoms with van der Waals surface area (Å²) in [6.45, 7) is 4.34. The van der Waals surface area contributed by atoms with E-state index in [9.17, 15) is 4.39 Å². The van der Waals surface area contributed by atoms with Gasteiger partial charge >= 0.3 is 0 Å². The third kappa shape index (κ3) is 3.11. The van der Waals surface area contributed by atoms with Crippen LogP contribution in [0, 0.1) is 5.82 Å². The van der Waals surface area contributed by atoms with Crippen molar-refractivity contribution in [2.24, 2.45) is 0 Å². The molecule has 1 nitrogen and oxygen atoms in total. The lowest BCUT2D eigenvalue weighted by Gasteiger charge is -2.28. The van der Waals surface area contributed by atoms with Crippen molar-refractivity contribution in [1.82, 2.24) is 0 Å². The van der Waals surface area contributed by atoms with Crippen LogP contribution in [0.3, 0.4) is 0 Å². The minimum absolute atomic E-state index is 0.226. The number of alkyl halides is 1. The first kappa shape index (κ1) is 13.3. The summed E-state index contributed by atoms with van der Waals surface area (Å²) >= 11 is 5.84. The van der Waals surface area contributed by atoms with Crippen molar-refractivity contribution >= 4 is 17.3 Å². The third-order valence-electron chi connectivity index (χ3n) is 2.93. The van der Waals surface area contributed by atoms with Crippen LogP contribution in [0.4, 0.5) is 10.1 Å². The fourth-order valence-electron chi connectivity index (χ4n) is 1.85. The molecule has 0 heterocycles. The van der Waals surface area contributed by atoms with E-state index in [1.165, 1.54) is 12.1 Å². The topological polar surface area (TPSA) is 3.24 Å². The zero-order chi connectivity index (χ0) is 12.1. The summed E-state index contributed by atoms with van der Waals surface area (Å²) in [7, 11) is 2.03. The van der Waals surface area contributed by atoms with E-state index in [-0.39, 0.29) is 5.82 Å². The highest BCUT2D eigenvalue weighted by atomic mass is 35.5. The smallest absolute Gasteiger partial charge is 0.123 e. The molecule has 0 saturated heterocycles. The van der Waals surface area contributed by atoms with Gasteiger partial charge in [-0.25, -0.2) is 4.39 Å². The summed E-state index contributed by atoms with van der Waals surface area (Å²) in [6.07, 6.45) is 2.26. The molecule has 0 spiro atoms. The van der Waals surface area contributed by atoms with Crippen LogP contribution in [0.2, 0.25) is 0 Å². The van der Waals surface area contributed by atoms with Crippen LogP contribution >= 0.6 is 11.6 Å². The molecule has 1 rings (SSSR count). The number of nitrogens with zero attached hydrogens (tertiary/aromatic N) is 1. The molecule has 0 aliphatic carbocycles. The van der Waals surface area contributed by atoms with E-state index in [0.29, 0.717) is 11.9 Å². The molecule has 0 saturated carbocycles. The van der Waals surface area contributed by atoms with E-state index in [2.05, 4.69) is 18.7 Å². The standard InChI is InChI=1S/C13H19ClFN/c1-4-5-10(2)16(3)13-7-6-12(15)8-11(13)9-14/h6-8,10H,4-5,9H2,1-3H3. The number of anilines is 1. The quantitative estimate of drug-likeness (QED) is 0.701. The van der Waals surface area contributed by atoms with Gasteiger partial charge in [0.15, 0.2) is 0 Å². The first-order chi connectivity index (χ1) is 7.60. The van der Waals surface area contributed by atoms with E-state index in [1.807, 2.05) is 7.05 Å².